The number of hydrogen-bond acceptors (Lipinski definition) is 0. The van der Waals surface area contributed by atoms with Crippen LogP contribution < -0.4 is 0 Å². The van der Waals surface area contributed by atoms with Crippen molar-refractivity contribution >= 4 is 15.9 Å². The number of hydrogen-bond donors (Lipinski definition) is 0. The van der Waals surface area contributed by atoms with Crippen molar-refractivity contribution in [2.24, 2.45) is 5.92 Å². The van der Waals surface area contributed by atoms with E-state index in [1.165, 1.54) is 67.0 Å². The maximum Gasteiger partial charge on any atom is 0.0233 e. The summed E-state index contributed by atoms with van der Waals surface area (Å²) >= 11 is 3.68. The van der Waals surface area contributed by atoms with Gasteiger partial charge < -0.3 is 0 Å². The minimum atomic E-state index is 0.808. The first kappa shape index (κ1) is 16.1. The SMILES string of the molecule is CCCCCC1CCC(c2cc(C)c(Br)c(C)c2)CC1. The predicted octanol–water partition coefficient (Wildman–Crippen LogP) is 6.92. The van der Waals surface area contributed by atoms with Crippen molar-refractivity contribution in [3.05, 3.63) is 33.3 Å². The van der Waals surface area contributed by atoms with E-state index in [1.807, 2.05) is 0 Å². The summed E-state index contributed by atoms with van der Waals surface area (Å²) in [5.41, 5.74) is 4.37. The number of halogens is 1. The summed E-state index contributed by atoms with van der Waals surface area (Å²) in [6.45, 7) is 6.74. The van der Waals surface area contributed by atoms with Crippen LogP contribution in [-0.2, 0) is 0 Å². The largest absolute Gasteiger partial charge is 0.0654 e. The molecule has 0 bridgehead atoms. The smallest absolute Gasteiger partial charge is 0.0233 e. The van der Waals surface area contributed by atoms with E-state index < -0.39 is 0 Å². The Balaban J connectivity index is 1.90. The quantitative estimate of drug-likeness (QED) is 0.512. The molecule has 0 N–H and O–H groups in total. The van der Waals surface area contributed by atoms with Gasteiger partial charge in [-0.3, -0.25) is 0 Å². The zero-order valence-electron chi connectivity index (χ0n) is 13.3. The first-order valence-electron chi connectivity index (χ1n) is 8.38. The van der Waals surface area contributed by atoms with Crippen LogP contribution in [0.1, 0.15) is 80.9 Å². The second-order valence-corrected chi connectivity index (χ2v) is 7.48. The number of unbranched alkanes of at least 4 members (excludes halogenated alkanes) is 2. The van der Waals surface area contributed by atoms with Crippen molar-refractivity contribution in [3.63, 3.8) is 0 Å². The Morgan fingerprint density at radius 2 is 1.60 bits per heavy atom. The molecule has 0 atom stereocenters. The molecule has 0 heterocycles. The molecule has 0 nitrogen and oxygen atoms in total. The van der Waals surface area contributed by atoms with Gasteiger partial charge in [-0.15, -0.1) is 0 Å². The van der Waals surface area contributed by atoms with Gasteiger partial charge in [-0.25, -0.2) is 0 Å². The summed E-state index contributed by atoms with van der Waals surface area (Å²) in [7, 11) is 0. The molecule has 1 aliphatic rings. The zero-order valence-corrected chi connectivity index (χ0v) is 14.9. The van der Waals surface area contributed by atoms with Crippen LogP contribution in [-0.4, -0.2) is 0 Å². The maximum absolute atomic E-state index is 3.68. The fourth-order valence-corrected chi connectivity index (χ4v) is 3.91. The minimum absolute atomic E-state index is 0.808. The highest BCUT2D eigenvalue weighted by Gasteiger charge is 2.22. The van der Waals surface area contributed by atoms with Gasteiger partial charge in [0.1, 0.15) is 0 Å². The van der Waals surface area contributed by atoms with Gasteiger partial charge in [0.05, 0.1) is 0 Å². The van der Waals surface area contributed by atoms with Crippen molar-refractivity contribution < 1.29 is 0 Å². The van der Waals surface area contributed by atoms with E-state index in [9.17, 15) is 0 Å². The summed E-state index contributed by atoms with van der Waals surface area (Å²) in [6.07, 6.45) is 11.4. The second-order valence-electron chi connectivity index (χ2n) is 6.68. The van der Waals surface area contributed by atoms with E-state index in [-0.39, 0.29) is 0 Å². The molecule has 0 spiro atoms. The third-order valence-electron chi connectivity index (χ3n) is 4.99. The van der Waals surface area contributed by atoms with Crippen molar-refractivity contribution in [1.82, 2.24) is 0 Å². The molecule has 20 heavy (non-hydrogen) atoms. The number of benzene rings is 1. The van der Waals surface area contributed by atoms with Crippen molar-refractivity contribution in [1.29, 1.82) is 0 Å². The molecular formula is C19H29Br. The maximum atomic E-state index is 3.68. The van der Waals surface area contributed by atoms with Crippen LogP contribution in [0.3, 0.4) is 0 Å². The molecule has 0 aromatic heterocycles. The third-order valence-corrected chi connectivity index (χ3v) is 6.24. The highest BCUT2D eigenvalue weighted by molar-refractivity contribution is 9.10. The van der Waals surface area contributed by atoms with Crippen LogP contribution in [0.4, 0.5) is 0 Å². The number of rotatable bonds is 5. The standard InChI is InChI=1S/C19H29Br/c1-4-5-6-7-16-8-10-17(11-9-16)18-12-14(2)19(20)15(3)13-18/h12-13,16-17H,4-11H2,1-3H3. The van der Waals surface area contributed by atoms with Crippen LogP contribution in [0.2, 0.25) is 0 Å². The van der Waals surface area contributed by atoms with Gasteiger partial charge in [-0.2, -0.15) is 0 Å². The molecule has 1 aromatic carbocycles. The molecule has 0 radical (unpaired) electrons. The molecule has 1 heteroatoms. The van der Waals surface area contributed by atoms with Gasteiger partial charge in [-0.05, 0) is 68.1 Å². The molecule has 0 unspecified atom stereocenters. The minimum Gasteiger partial charge on any atom is -0.0654 e. The molecule has 1 aliphatic carbocycles. The lowest BCUT2D eigenvalue weighted by Gasteiger charge is -2.29. The van der Waals surface area contributed by atoms with Gasteiger partial charge >= 0.3 is 0 Å². The van der Waals surface area contributed by atoms with Gasteiger partial charge in [0, 0.05) is 4.47 Å². The number of aryl methyl sites for hydroxylation is 2. The second kappa shape index (κ2) is 7.64. The summed E-state index contributed by atoms with van der Waals surface area (Å²) in [5.74, 6) is 1.82. The van der Waals surface area contributed by atoms with E-state index in [0.29, 0.717) is 0 Å². The van der Waals surface area contributed by atoms with Crippen LogP contribution in [0.25, 0.3) is 0 Å². The Kier molecular flexibility index (Phi) is 6.14. The molecular weight excluding hydrogens is 308 g/mol. The fourth-order valence-electron chi connectivity index (χ4n) is 3.68. The highest BCUT2D eigenvalue weighted by Crippen LogP contribution is 2.39. The van der Waals surface area contributed by atoms with Gasteiger partial charge in [0.2, 0.25) is 0 Å². The molecule has 0 amide bonds. The molecule has 0 saturated heterocycles. The first-order valence-corrected chi connectivity index (χ1v) is 9.17. The van der Waals surface area contributed by atoms with E-state index in [2.05, 4.69) is 48.8 Å². The monoisotopic (exact) mass is 336 g/mol. The van der Waals surface area contributed by atoms with Crippen LogP contribution >= 0.6 is 15.9 Å². The molecule has 0 aliphatic heterocycles. The van der Waals surface area contributed by atoms with E-state index >= 15 is 0 Å². The molecule has 112 valence electrons. The lowest BCUT2D eigenvalue weighted by atomic mass is 9.76. The Morgan fingerprint density at radius 1 is 1.00 bits per heavy atom. The van der Waals surface area contributed by atoms with Crippen molar-refractivity contribution in [2.45, 2.75) is 78.1 Å². The van der Waals surface area contributed by atoms with Crippen LogP contribution in [0.15, 0.2) is 16.6 Å². The summed E-state index contributed by atoms with van der Waals surface area (Å²) in [5, 5.41) is 0. The Bertz CT molecular complexity index is 404. The summed E-state index contributed by atoms with van der Waals surface area (Å²) in [4.78, 5) is 0. The zero-order chi connectivity index (χ0) is 14.5. The Morgan fingerprint density at radius 3 is 2.15 bits per heavy atom. The lowest BCUT2D eigenvalue weighted by Crippen LogP contribution is -2.13. The predicted molar refractivity (Wildman–Crippen MR) is 92.5 cm³/mol. The molecule has 1 saturated carbocycles. The molecule has 2 rings (SSSR count). The van der Waals surface area contributed by atoms with E-state index in [4.69, 9.17) is 0 Å². The molecule has 1 aromatic rings. The normalized spacial score (nSPS) is 23.0. The first-order chi connectivity index (χ1) is 9.61. The average Bonchev–Trinajstić information content (AvgIpc) is 2.45. The lowest BCUT2D eigenvalue weighted by molar-refractivity contribution is 0.302. The Hall–Kier alpha value is -0.300. The summed E-state index contributed by atoms with van der Waals surface area (Å²) in [6, 6.07) is 4.80. The van der Waals surface area contributed by atoms with Crippen molar-refractivity contribution in [3.8, 4) is 0 Å². The van der Waals surface area contributed by atoms with Crippen LogP contribution in [0.5, 0.6) is 0 Å². The fraction of sp³-hybridized carbons (Fsp3) is 0.684. The molecule has 1 fully saturated rings. The summed E-state index contributed by atoms with van der Waals surface area (Å²) < 4.78 is 1.29. The van der Waals surface area contributed by atoms with Gasteiger partial charge in [-0.1, -0.05) is 60.7 Å². The topological polar surface area (TPSA) is 0 Å². The van der Waals surface area contributed by atoms with Crippen LogP contribution in [0, 0.1) is 19.8 Å². The van der Waals surface area contributed by atoms with Crippen molar-refractivity contribution in [2.75, 3.05) is 0 Å². The Labute approximate surface area is 133 Å². The highest BCUT2D eigenvalue weighted by atomic mass is 79.9. The van der Waals surface area contributed by atoms with E-state index in [1.54, 1.807) is 5.56 Å². The van der Waals surface area contributed by atoms with E-state index in [0.717, 1.165) is 11.8 Å². The average molecular weight is 337 g/mol. The van der Waals surface area contributed by atoms with Gasteiger partial charge in [0.15, 0.2) is 0 Å². The van der Waals surface area contributed by atoms with Gasteiger partial charge in [0.25, 0.3) is 0 Å². The third kappa shape index (κ3) is 4.10.